The average molecular weight is 297 g/mol. The molecule has 4 heteroatoms. The van der Waals surface area contributed by atoms with Gasteiger partial charge in [0.25, 0.3) is 0 Å². The average Bonchev–Trinajstić information content (AvgIpc) is 2.28. The van der Waals surface area contributed by atoms with Crippen LogP contribution in [0.5, 0.6) is 5.88 Å². The molecule has 92 valence electrons. The molecule has 3 atom stereocenters. The lowest BCUT2D eigenvalue weighted by atomic mass is 9.85. The van der Waals surface area contributed by atoms with Gasteiger partial charge in [-0.1, -0.05) is 12.5 Å². The molecule has 0 saturated carbocycles. The monoisotopic (exact) mass is 296 g/mol. The van der Waals surface area contributed by atoms with E-state index in [1.54, 1.807) is 0 Å². The molecule has 1 aromatic heterocycles. The van der Waals surface area contributed by atoms with E-state index in [9.17, 15) is 0 Å². The highest BCUT2D eigenvalue weighted by molar-refractivity contribution is 9.10. The van der Waals surface area contributed by atoms with Crippen LogP contribution in [0, 0.1) is 0 Å². The van der Waals surface area contributed by atoms with Crippen molar-refractivity contribution in [1.82, 2.24) is 10.3 Å². The topological polar surface area (TPSA) is 34.1 Å². The molecule has 0 aliphatic carbocycles. The van der Waals surface area contributed by atoms with Crippen molar-refractivity contribution in [2.45, 2.75) is 50.3 Å². The molecule has 0 amide bonds. The van der Waals surface area contributed by atoms with E-state index in [1.807, 2.05) is 18.2 Å². The first kappa shape index (κ1) is 11.5. The number of pyridine rings is 1. The smallest absolute Gasteiger partial charge is 0.214 e. The highest BCUT2D eigenvalue weighted by Gasteiger charge is 2.32. The van der Waals surface area contributed by atoms with Gasteiger partial charge in [-0.15, -0.1) is 0 Å². The number of fused-ring (bicyclic) bond motifs is 2. The van der Waals surface area contributed by atoms with E-state index in [2.05, 4.69) is 26.2 Å². The van der Waals surface area contributed by atoms with Crippen LogP contribution in [0.4, 0.5) is 0 Å². The van der Waals surface area contributed by atoms with Crippen LogP contribution in [0.1, 0.15) is 32.1 Å². The number of nitrogens with zero attached hydrogens (tertiary/aromatic N) is 1. The molecule has 2 fully saturated rings. The van der Waals surface area contributed by atoms with Crippen molar-refractivity contribution in [1.29, 1.82) is 0 Å². The van der Waals surface area contributed by atoms with Crippen molar-refractivity contribution in [2.75, 3.05) is 0 Å². The lowest BCUT2D eigenvalue weighted by molar-refractivity contribution is 0.0888. The molecular weight excluding hydrogens is 280 g/mol. The third kappa shape index (κ3) is 2.80. The lowest BCUT2D eigenvalue weighted by Crippen LogP contribution is -2.51. The predicted molar refractivity (Wildman–Crippen MR) is 70.1 cm³/mol. The van der Waals surface area contributed by atoms with Gasteiger partial charge in [-0.25, -0.2) is 4.98 Å². The third-order valence-electron chi connectivity index (χ3n) is 3.65. The van der Waals surface area contributed by atoms with Crippen LogP contribution >= 0.6 is 15.9 Å². The summed E-state index contributed by atoms with van der Waals surface area (Å²) < 4.78 is 6.83. The molecule has 0 radical (unpaired) electrons. The van der Waals surface area contributed by atoms with E-state index in [-0.39, 0.29) is 0 Å². The van der Waals surface area contributed by atoms with E-state index in [1.165, 1.54) is 19.3 Å². The summed E-state index contributed by atoms with van der Waals surface area (Å²) in [4.78, 5) is 4.34. The van der Waals surface area contributed by atoms with Gasteiger partial charge in [0.05, 0.1) is 0 Å². The fraction of sp³-hybridized carbons (Fsp3) is 0.615. The van der Waals surface area contributed by atoms with Crippen LogP contribution in [-0.4, -0.2) is 23.2 Å². The fourth-order valence-corrected chi connectivity index (χ4v) is 3.26. The maximum atomic E-state index is 5.99. The molecule has 2 aliphatic heterocycles. The number of hydrogen-bond acceptors (Lipinski definition) is 3. The van der Waals surface area contributed by atoms with Crippen LogP contribution in [0.25, 0.3) is 0 Å². The Morgan fingerprint density at radius 1 is 1.24 bits per heavy atom. The van der Waals surface area contributed by atoms with Gasteiger partial charge in [-0.05, 0) is 47.7 Å². The molecule has 1 N–H and O–H groups in total. The van der Waals surface area contributed by atoms with Crippen LogP contribution in [-0.2, 0) is 0 Å². The highest BCUT2D eigenvalue weighted by atomic mass is 79.9. The molecule has 2 saturated heterocycles. The second kappa shape index (κ2) is 4.94. The first-order valence-electron chi connectivity index (χ1n) is 6.35. The summed E-state index contributed by atoms with van der Waals surface area (Å²) in [6, 6.07) is 7.13. The Balaban J connectivity index is 1.65. The normalized spacial score (nSPS) is 32.2. The zero-order chi connectivity index (χ0) is 11.7. The Morgan fingerprint density at radius 2 is 2.00 bits per heavy atom. The molecular formula is C13H17BrN2O. The molecule has 3 heterocycles. The van der Waals surface area contributed by atoms with Gasteiger partial charge in [0, 0.05) is 18.2 Å². The van der Waals surface area contributed by atoms with Gasteiger partial charge in [-0.2, -0.15) is 0 Å². The second-order valence-corrected chi connectivity index (χ2v) is 5.81. The molecule has 1 aromatic rings. The van der Waals surface area contributed by atoms with Gasteiger partial charge in [-0.3, -0.25) is 0 Å². The molecule has 2 aliphatic rings. The first-order valence-corrected chi connectivity index (χ1v) is 7.14. The largest absolute Gasteiger partial charge is 0.474 e. The van der Waals surface area contributed by atoms with E-state index in [4.69, 9.17) is 4.74 Å². The minimum absolute atomic E-state index is 0.327. The minimum Gasteiger partial charge on any atom is -0.474 e. The zero-order valence-corrected chi connectivity index (χ0v) is 11.3. The van der Waals surface area contributed by atoms with Crippen LogP contribution in [0.15, 0.2) is 22.8 Å². The summed E-state index contributed by atoms with van der Waals surface area (Å²) in [6.45, 7) is 0. The number of aromatic nitrogens is 1. The Labute approximate surface area is 110 Å². The summed E-state index contributed by atoms with van der Waals surface area (Å²) >= 11 is 3.37. The number of rotatable bonds is 2. The third-order valence-corrected chi connectivity index (χ3v) is 4.09. The Hall–Kier alpha value is -0.610. The summed E-state index contributed by atoms with van der Waals surface area (Å²) in [5.41, 5.74) is 0. The van der Waals surface area contributed by atoms with Crippen LogP contribution in [0.2, 0.25) is 0 Å². The summed E-state index contributed by atoms with van der Waals surface area (Å²) in [6.07, 6.45) is 6.51. The lowest BCUT2D eigenvalue weighted by Gasteiger charge is -2.40. The molecule has 2 bridgehead atoms. The first-order chi connectivity index (χ1) is 8.29. The Kier molecular flexibility index (Phi) is 3.34. The summed E-state index contributed by atoms with van der Waals surface area (Å²) in [5, 5.41) is 3.67. The molecule has 3 nitrogen and oxygen atoms in total. The molecule has 17 heavy (non-hydrogen) atoms. The van der Waals surface area contributed by atoms with E-state index in [0.717, 1.165) is 23.3 Å². The van der Waals surface area contributed by atoms with Crippen LogP contribution in [0.3, 0.4) is 0 Å². The van der Waals surface area contributed by atoms with Gasteiger partial charge in [0.2, 0.25) is 5.88 Å². The van der Waals surface area contributed by atoms with Gasteiger partial charge >= 0.3 is 0 Å². The number of ether oxygens (including phenoxy) is 1. The number of hydrogen-bond donors (Lipinski definition) is 1. The van der Waals surface area contributed by atoms with Crippen molar-refractivity contribution in [2.24, 2.45) is 0 Å². The minimum atomic E-state index is 0.327. The summed E-state index contributed by atoms with van der Waals surface area (Å²) in [7, 11) is 0. The maximum Gasteiger partial charge on any atom is 0.214 e. The highest BCUT2D eigenvalue weighted by Crippen LogP contribution is 2.28. The Bertz CT molecular complexity index is 387. The van der Waals surface area contributed by atoms with Crippen molar-refractivity contribution in [3.05, 3.63) is 22.8 Å². The SMILES string of the molecule is Brc1cccc(OC2C[C@H]3CCC[C@@H](C2)N3)n1. The van der Waals surface area contributed by atoms with E-state index < -0.39 is 0 Å². The van der Waals surface area contributed by atoms with Gasteiger partial charge in [0.15, 0.2) is 0 Å². The van der Waals surface area contributed by atoms with Gasteiger partial charge < -0.3 is 10.1 Å². The van der Waals surface area contributed by atoms with E-state index >= 15 is 0 Å². The van der Waals surface area contributed by atoms with Crippen LogP contribution < -0.4 is 10.1 Å². The molecule has 3 rings (SSSR count). The predicted octanol–water partition coefficient (Wildman–Crippen LogP) is 2.90. The molecule has 1 unspecified atom stereocenters. The second-order valence-electron chi connectivity index (χ2n) is 5.00. The number of halogens is 1. The van der Waals surface area contributed by atoms with Crippen molar-refractivity contribution < 1.29 is 4.74 Å². The number of piperidine rings is 2. The van der Waals surface area contributed by atoms with Crippen molar-refractivity contribution in [3.63, 3.8) is 0 Å². The fourth-order valence-electron chi connectivity index (χ4n) is 2.94. The van der Waals surface area contributed by atoms with E-state index in [0.29, 0.717) is 18.2 Å². The van der Waals surface area contributed by atoms with Gasteiger partial charge in [0.1, 0.15) is 10.7 Å². The quantitative estimate of drug-likeness (QED) is 0.852. The molecule has 0 spiro atoms. The van der Waals surface area contributed by atoms with Crippen molar-refractivity contribution in [3.8, 4) is 5.88 Å². The number of nitrogens with one attached hydrogen (secondary N) is 1. The maximum absolute atomic E-state index is 5.99. The zero-order valence-electron chi connectivity index (χ0n) is 9.73. The Morgan fingerprint density at radius 3 is 2.71 bits per heavy atom. The van der Waals surface area contributed by atoms with Crippen molar-refractivity contribution >= 4 is 15.9 Å². The standard InChI is InChI=1S/C13H17BrN2O/c14-12-5-2-6-13(16-12)17-11-7-9-3-1-4-10(8-11)15-9/h2,5-6,9-11,15H,1,3-4,7-8H2/t9-,10+,11?. The summed E-state index contributed by atoms with van der Waals surface area (Å²) in [5.74, 6) is 0.740. The molecule has 0 aromatic carbocycles.